The molecule has 2 heterocycles. The Balaban J connectivity index is 1.86. The maximum atomic E-state index is 13.4. The Bertz CT molecular complexity index is 1590. The van der Waals surface area contributed by atoms with Crippen LogP contribution in [0.5, 0.6) is 5.75 Å². The summed E-state index contributed by atoms with van der Waals surface area (Å²) in [6.45, 7) is 2.53. The molecule has 1 aliphatic rings. The van der Waals surface area contributed by atoms with Gasteiger partial charge in [0, 0.05) is 60.2 Å². The van der Waals surface area contributed by atoms with Gasteiger partial charge in [-0.2, -0.15) is 0 Å². The fraction of sp³-hybridized carbons (Fsp3) is 0.259. The predicted molar refractivity (Wildman–Crippen MR) is 138 cm³/mol. The van der Waals surface area contributed by atoms with Crippen LogP contribution in [0.25, 0.3) is 32.9 Å². The molecule has 0 N–H and O–H groups in total. The molecule has 2 amide bonds. The average Bonchev–Trinajstić information content (AvgIpc) is 3.24. The molecule has 184 valence electrons. The van der Waals surface area contributed by atoms with Crippen LogP contribution in [0.15, 0.2) is 48.5 Å². The molecule has 5 rings (SSSR count). The number of hydrogen-bond acceptors (Lipinski definition) is 6. The van der Waals surface area contributed by atoms with E-state index in [9.17, 15) is 19.7 Å². The maximum absolute atomic E-state index is 13.4. The molecule has 1 aromatic heterocycles. The number of para-hydroxylation sites is 1. The molecule has 0 bridgehead atoms. The van der Waals surface area contributed by atoms with E-state index in [0.29, 0.717) is 34.4 Å². The van der Waals surface area contributed by atoms with Crippen molar-refractivity contribution < 1.29 is 19.2 Å². The van der Waals surface area contributed by atoms with Crippen molar-refractivity contribution in [3.05, 3.63) is 69.8 Å². The molecule has 4 aromatic rings. The lowest BCUT2D eigenvalue weighted by molar-refractivity contribution is -0.384. The van der Waals surface area contributed by atoms with Crippen molar-refractivity contribution in [3.8, 4) is 16.9 Å². The quantitative estimate of drug-likeness (QED) is 0.227. The number of aromatic nitrogens is 1. The van der Waals surface area contributed by atoms with Gasteiger partial charge >= 0.3 is 0 Å². The van der Waals surface area contributed by atoms with Crippen LogP contribution in [0.2, 0.25) is 0 Å². The van der Waals surface area contributed by atoms with Crippen LogP contribution in [0.1, 0.15) is 27.6 Å². The second-order valence-electron chi connectivity index (χ2n) is 9.44. The van der Waals surface area contributed by atoms with Gasteiger partial charge in [-0.3, -0.25) is 24.6 Å². The summed E-state index contributed by atoms with van der Waals surface area (Å²) in [5.74, 6) is -0.434. The largest absolute Gasteiger partial charge is 0.489 e. The highest BCUT2D eigenvalue weighted by Crippen LogP contribution is 2.44. The SMILES string of the molecule is CC(CN(C)C)Oc1ccc([N+](=O)[O-])cc1-c1cc2c(c3c1C(=O)N(C)C3=O)c1ccccc1n2C. The summed E-state index contributed by atoms with van der Waals surface area (Å²) in [6.07, 6.45) is -0.227. The number of benzene rings is 3. The molecule has 0 saturated carbocycles. The van der Waals surface area contributed by atoms with E-state index in [-0.39, 0.29) is 17.4 Å². The third-order valence-corrected chi connectivity index (χ3v) is 6.65. The van der Waals surface area contributed by atoms with Crippen molar-refractivity contribution in [3.63, 3.8) is 0 Å². The lowest BCUT2D eigenvalue weighted by Crippen LogP contribution is -2.28. The molecular weight excluding hydrogens is 460 g/mol. The number of non-ortho nitro benzene ring substituents is 1. The number of nitro groups is 1. The molecule has 1 unspecified atom stereocenters. The molecule has 3 aromatic carbocycles. The van der Waals surface area contributed by atoms with Gasteiger partial charge in [0.15, 0.2) is 0 Å². The molecule has 0 radical (unpaired) electrons. The zero-order valence-electron chi connectivity index (χ0n) is 20.7. The van der Waals surface area contributed by atoms with E-state index in [1.807, 2.05) is 67.9 Å². The van der Waals surface area contributed by atoms with Gasteiger partial charge in [0.05, 0.1) is 21.6 Å². The van der Waals surface area contributed by atoms with Crippen LogP contribution in [0, 0.1) is 10.1 Å². The normalized spacial score (nSPS) is 14.2. The highest BCUT2D eigenvalue weighted by Gasteiger charge is 2.39. The monoisotopic (exact) mass is 486 g/mol. The van der Waals surface area contributed by atoms with Crippen molar-refractivity contribution in [2.75, 3.05) is 27.7 Å². The van der Waals surface area contributed by atoms with Crippen LogP contribution in [0.4, 0.5) is 5.69 Å². The fourth-order valence-corrected chi connectivity index (χ4v) is 5.10. The smallest absolute Gasteiger partial charge is 0.270 e. The Labute approximate surface area is 207 Å². The second-order valence-corrected chi connectivity index (χ2v) is 9.44. The Morgan fingerprint density at radius 1 is 0.972 bits per heavy atom. The van der Waals surface area contributed by atoms with E-state index in [1.165, 1.54) is 19.2 Å². The van der Waals surface area contributed by atoms with Crippen LogP contribution in [-0.4, -0.2) is 64.9 Å². The van der Waals surface area contributed by atoms with E-state index >= 15 is 0 Å². The maximum Gasteiger partial charge on any atom is 0.270 e. The summed E-state index contributed by atoms with van der Waals surface area (Å²) in [5.41, 5.74) is 2.91. The standard InChI is InChI=1S/C27H26N4O5/c1-15(14-28(2)3)36-22-11-10-16(31(34)35)12-18(22)19-13-21-23(17-8-6-7-9-20(17)29(21)4)25-24(19)26(32)30(5)27(25)33/h6-13,15H,14H2,1-5H3. The Hall–Kier alpha value is -4.24. The number of likely N-dealkylation sites (N-methyl/N-ethyl adjacent to an activating group) is 1. The van der Waals surface area contributed by atoms with Gasteiger partial charge in [-0.1, -0.05) is 18.2 Å². The van der Waals surface area contributed by atoms with E-state index in [2.05, 4.69) is 0 Å². The van der Waals surface area contributed by atoms with Crippen molar-refractivity contribution in [1.82, 2.24) is 14.4 Å². The third kappa shape index (κ3) is 3.51. The summed E-state index contributed by atoms with van der Waals surface area (Å²) >= 11 is 0. The van der Waals surface area contributed by atoms with Gasteiger partial charge in [-0.15, -0.1) is 0 Å². The first-order valence-corrected chi connectivity index (χ1v) is 11.6. The van der Waals surface area contributed by atoms with Crippen LogP contribution in [-0.2, 0) is 7.05 Å². The van der Waals surface area contributed by atoms with Crippen molar-refractivity contribution in [2.24, 2.45) is 7.05 Å². The molecule has 0 aliphatic carbocycles. The first-order valence-electron chi connectivity index (χ1n) is 11.6. The van der Waals surface area contributed by atoms with Gasteiger partial charge in [-0.05, 0) is 39.2 Å². The number of ether oxygens (including phenoxy) is 1. The molecule has 9 nitrogen and oxygen atoms in total. The van der Waals surface area contributed by atoms with Crippen molar-refractivity contribution in [1.29, 1.82) is 0 Å². The number of amides is 2. The Kier molecular flexibility index (Phi) is 5.52. The van der Waals surface area contributed by atoms with E-state index < -0.39 is 16.7 Å². The van der Waals surface area contributed by atoms with Crippen LogP contribution >= 0.6 is 0 Å². The minimum absolute atomic E-state index is 0.131. The van der Waals surface area contributed by atoms with Crippen LogP contribution in [0.3, 0.4) is 0 Å². The molecule has 1 atom stereocenters. The zero-order chi connectivity index (χ0) is 25.9. The number of aryl methyl sites for hydroxylation is 1. The number of nitro benzene ring substituents is 1. The minimum Gasteiger partial charge on any atom is -0.489 e. The lowest BCUT2D eigenvalue weighted by Gasteiger charge is -2.21. The summed E-state index contributed by atoms with van der Waals surface area (Å²) < 4.78 is 8.18. The first-order chi connectivity index (χ1) is 17.1. The van der Waals surface area contributed by atoms with E-state index in [1.54, 1.807) is 6.07 Å². The van der Waals surface area contributed by atoms with Gasteiger partial charge in [0.1, 0.15) is 11.9 Å². The fourth-order valence-electron chi connectivity index (χ4n) is 5.10. The van der Waals surface area contributed by atoms with Crippen molar-refractivity contribution >= 4 is 39.3 Å². The first kappa shape index (κ1) is 23.5. The molecule has 1 aliphatic heterocycles. The second kappa shape index (κ2) is 8.46. The Morgan fingerprint density at radius 2 is 1.67 bits per heavy atom. The molecule has 0 fully saturated rings. The molecular formula is C27H26N4O5. The summed E-state index contributed by atoms with van der Waals surface area (Å²) in [6, 6.07) is 13.9. The van der Waals surface area contributed by atoms with Gasteiger partial charge in [0.25, 0.3) is 17.5 Å². The number of imide groups is 1. The highest BCUT2D eigenvalue weighted by molar-refractivity contribution is 6.32. The van der Waals surface area contributed by atoms with Gasteiger partial charge < -0.3 is 14.2 Å². The van der Waals surface area contributed by atoms with Crippen LogP contribution < -0.4 is 4.74 Å². The van der Waals surface area contributed by atoms with Gasteiger partial charge in [-0.25, -0.2) is 0 Å². The molecule has 36 heavy (non-hydrogen) atoms. The average molecular weight is 487 g/mol. The number of carbonyl (C=O) groups is 2. The lowest BCUT2D eigenvalue weighted by atomic mass is 9.92. The third-order valence-electron chi connectivity index (χ3n) is 6.65. The van der Waals surface area contributed by atoms with E-state index in [4.69, 9.17) is 4.74 Å². The molecule has 9 heteroatoms. The number of fused-ring (bicyclic) bond motifs is 5. The number of carbonyl (C=O) groups excluding carboxylic acids is 2. The number of nitrogens with zero attached hydrogens (tertiary/aromatic N) is 4. The van der Waals surface area contributed by atoms with Crippen molar-refractivity contribution in [2.45, 2.75) is 13.0 Å². The zero-order valence-corrected chi connectivity index (χ0v) is 20.7. The topological polar surface area (TPSA) is 97.9 Å². The molecule has 0 saturated heterocycles. The molecule has 0 spiro atoms. The van der Waals surface area contributed by atoms with Gasteiger partial charge in [0.2, 0.25) is 0 Å². The number of hydrogen-bond donors (Lipinski definition) is 0. The van der Waals surface area contributed by atoms with E-state index in [0.717, 1.165) is 21.3 Å². The predicted octanol–water partition coefficient (Wildman–Crippen LogP) is 4.46. The summed E-state index contributed by atoms with van der Waals surface area (Å²) in [7, 11) is 7.21. The number of rotatable bonds is 6. The summed E-state index contributed by atoms with van der Waals surface area (Å²) in [4.78, 5) is 41.0. The minimum atomic E-state index is -0.481. The Morgan fingerprint density at radius 3 is 2.36 bits per heavy atom. The highest BCUT2D eigenvalue weighted by atomic mass is 16.6. The summed E-state index contributed by atoms with van der Waals surface area (Å²) in [5, 5.41) is 13.2.